The van der Waals surface area contributed by atoms with Crippen molar-refractivity contribution in [2.75, 3.05) is 0 Å². The van der Waals surface area contributed by atoms with Gasteiger partial charge in [0.05, 0.1) is 0 Å². The number of nitrogens with two attached hydrogens (primary N) is 1. The van der Waals surface area contributed by atoms with Crippen LogP contribution in [0.15, 0.2) is 18.2 Å². The van der Waals surface area contributed by atoms with Crippen LogP contribution < -0.4 is 10.5 Å². The summed E-state index contributed by atoms with van der Waals surface area (Å²) in [4.78, 5) is 0. The van der Waals surface area contributed by atoms with E-state index in [2.05, 4.69) is 4.74 Å². The van der Waals surface area contributed by atoms with Crippen LogP contribution in [0.3, 0.4) is 0 Å². The molecule has 1 rings (SSSR count). The standard InChI is InChI=1S/C9H10F3NO/c1-5(13)7-3-2-6(10)4-8(7)14-9(11)12/h2-5,9H,13H2,1H3/t5-/m0/s1. The Morgan fingerprint density at radius 1 is 1.36 bits per heavy atom. The molecular formula is C9H10F3NO. The van der Waals surface area contributed by atoms with Gasteiger partial charge in [-0.15, -0.1) is 0 Å². The summed E-state index contributed by atoms with van der Waals surface area (Å²) in [5.74, 6) is -0.847. The van der Waals surface area contributed by atoms with Crippen molar-refractivity contribution in [3.63, 3.8) is 0 Å². The third-order valence-electron chi connectivity index (χ3n) is 1.68. The average Bonchev–Trinajstić information content (AvgIpc) is 2.01. The predicted octanol–water partition coefficient (Wildman–Crippen LogP) is 2.45. The molecule has 0 fully saturated rings. The SMILES string of the molecule is C[C@H](N)c1ccc(F)cc1OC(F)F. The lowest BCUT2D eigenvalue weighted by molar-refractivity contribution is -0.0507. The Balaban J connectivity index is 3.03. The maximum Gasteiger partial charge on any atom is 0.387 e. The molecule has 0 saturated carbocycles. The zero-order valence-electron chi connectivity index (χ0n) is 7.51. The van der Waals surface area contributed by atoms with Gasteiger partial charge in [-0.25, -0.2) is 4.39 Å². The minimum Gasteiger partial charge on any atom is -0.434 e. The fourth-order valence-corrected chi connectivity index (χ4v) is 1.08. The van der Waals surface area contributed by atoms with Gasteiger partial charge in [0, 0.05) is 17.7 Å². The molecule has 0 heterocycles. The Kier molecular flexibility index (Phi) is 3.35. The molecule has 0 radical (unpaired) electrons. The molecule has 0 amide bonds. The van der Waals surface area contributed by atoms with Gasteiger partial charge in [-0.3, -0.25) is 0 Å². The normalized spacial score (nSPS) is 13.0. The molecular weight excluding hydrogens is 195 g/mol. The van der Waals surface area contributed by atoms with E-state index in [1.54, 1.807) is 6.92 Å². The topological polar surface area (TPSA) is 35.2 Å². The molecule has 0 unspecified atom stereocenters. The van der Waals surface area contributed by atoms with Gasteiger partial charge in [-0.2, -0.15) is 8.78 Å². The Labute approximate surface area is 79.5 Å². The summed E-state index contributed by atoms with van der Waals surface area (Å²) in [7, 11) is 0. The molecule has 1 aromatic carbocycles. The van der Waals surface area contributed by atoms with E-state index in [-0.39, 0.29) is 5.75 Å². The lowest BCUT2D eigenvalue weighted by Gasteiger charge is -2.12. The highest BCUT2D eigenvalue weighted by atomic mass is 19.3. The fourth-order valence-electron chi connectivity index (χ4n) is 1.08. The van der Waals surface area contributed by atoms with Crippen LogP contribution >= 0.6 is 0 Å². The first-order valence-electron chi connectivity index (χ1n) is 4.00. The first-order chi connectivity index (χ1) is 6.50. The van der Waals surface area contributed by atoms with Gasteiger partial charge in [-0.05, 0) is 13.0 Å². The summed E-state index contributed by atoms with van der Waals surface area (Å²) in [5, 5.41) is 0. The monoisotopic (exact) mass is 205 g/mol. The molecule has 1 aromatic rings. The summed E-state index contributed by atoms with van der Waals surface area (Å²) in [5.41, 5.74) is 5.85. The maximum atomic E-state index is 12.7. The summed E-state index contributed by atoms with van der Waals surface area (Å²) >= 11 is 0. The molecule has 1 atom stereocenters. The molecule has 0 aliphatic rings. The number of ether oxygens (including phenoxy) is 1. The highest BCUT2D eigenvalue weighted by Crippen LogP contribution is 2.26. The van der Waals surface area contributed by atoms with Crippen LogP contribution in [0.5, 0.6) is 5.75 Å². The van der Waals surface area contributed by atoms with Crippen LogP contribution in [0.25, 0.3) is 0 Å². The first-order valence-corrected chi connectivity index (χ1v) is 4.00. The van der Waals surface area contributed by atoms with Crippen LogP contribution in [-0.4, -0.2) is 6.61 Å². The minimum absolute atomic E-state index is 0.213. The average molecular weight is 205 g/mol. The molecule has 0 spiro atoms. The van der Waals surface area contributed by atoms with Gasteiger partial charge in [0.2, 0.25) is 0 Å². The van der Waals surface area contributed by atoms with E-state index in [1.807, 2.05) is 0 Å². The summed E-state index contributed by atoms with van der Waals surface area (Å²) < 4.78 is 40.6. The van der Waals surface area contributed by atoms with Crippen molar-refractivity contribution < 1.29 is 17.9 Å². The lowest BCUT2D eigenvalue weighted by Crippen LogP contribution is -2.10. The zero-order valence-corrected chi connectivity index (χ0v) is 7.51. The third-order valence-corrected chi connectivity index (χ3v) is 1.68. The number of alkyl halides is 2. The Bertz CT molecular complexity index is 315. The van der Waals surface area contributed by atoms with Crippen molar-refractivity contribution in [1.82, 2.24) is 0 Å². The van der Waals surface area contributed by atoms with Crippen LogP contribution in [0.1, 0.15) is 18.5 Å². The van der Waals surface area contributed by atoms with Crippen molar-refractivity contribution in [2.24, 2.45) is 5.73 Å². The van der Waals surface area contributed by atoms with Crippen molar-refractivity contribution in [2.45, 2.75) is 19.6 Å². The number of hydrogen-bond donors (Lipinski definition) is 1. The Morgan fingerprint density at radius 3 is 2.50 bits per heavy atom. The van der Waals surface area contributed by atoms with Crippen molar-refractivity contribution in [1.29, 1.82) is 0 Å². The zero-order chi connectivity index (χ0) is 10.7. The van der Waals surface area contributed by atoms with Gasteiger partial charge in [0.1, 0.15) is 11.6 Å². The van der Waals surface area contributed by atoms with Gasteiger partial charge in [0.25, 0.3) is 0 Å². The lowest BCUT2D eigenvalue weighted by atomic mass is 10.1. The largest absolute Gasteiger partial charge is 0.434 e. The van der Waals surface area contributed by atoms with Crippen molar-refractivity contribution >= 4 is 0 Å². The van der Waals surface area contributed by atoms with E-state index < -0.39 is 18.5 Å². The number of halogens is 3. The van der Waals surface area contributed by atoms with E-state index in [0.29, 0.717) is 5.56 Å². The quantitative estimate of drug-likeness (QED) is 0.822. The summed E-state index contributed by atoms with van der Waals surface area (Å²) in [6.45, 7) is -1.37. The van der Waals surface area contributed by atoms with Gasteiger partial charge in [0.15, 0.2) is 0 Å². The molecule has 2 N–H and O–H groups in total. The minimum atomic E-state index is -2.98. The molecule has 0 aromatic heterocycles. The molecule has 0 aliphatic carbocycles. The second kappa shape index (κ2) is 4.32. The van der Waals surface area contributed by atoms with Gasteiger partial charge < -0.3 is 10.5 Å². The van der Waals surface area contributed by atoms with Crippen molar-refractivity contribution in [3.8, 4) is 5.75 Å². The summed E-state index contributed by atoms with van der Waals surface area (Å²) in [6.07, 6.45) is 0. The highest BCUT2D eigenvalue weighted by molar-refractivity contribution is 5.36. The molecule has 2 nitrogen and oxygen atoms in total. The van der Waals surface area contributed by atoms with Crippen LogP contribution in [0, 0.1) is 5.82 Å². The maximum absolute atomic E-state index is 12.7. The van der Waals surface area contributed by atoms with E-state index in [4.69, 9.17) is 5.73 Å². The molecule has 0 aliphatic heterocycles. The first kappa shape index (κ1) is 10.8. The van der Waals surface area contributed by atoms with Crippen molar-refractivity contribution in [3.05, 3.63) is 29.6 Å². The third kappa shape index (κ3) is 2.63. The van der Waals surface area contributed by atoms with Gasteiger partial charge >= 0.3 is 6.61 Å². The predicted molar refractivity (Wildman–Crippen MR) is 45.6 cm³/mol. The van der Waals surface area contributed by atoms with Gasteiger partial charge in [-0.1, -0.05) is 6.07 Å². The fraction of sp³-hybridized carbons (Fsp3) is 0.333. The number of benzene rings is 1. The summed E-state index contributed by atoms with van der Waals surface area (Å²) in [6, 6.07) is 2.89. The molecule has 5 heteroatoms. The van der Waals surface area contributed by atoms with E-state index in [1.165, 1.54) is 6.07 Å². The van der Waals surface area contributed by atoms with E-state index in [9.17, 15) is 13.2 Å². The number of hydrogen-bond acceptors (Lipinski definition) is 2. The van der Waals surface area contributed by atoms with Crippen LogP contribution in [0.4, 0.5) is 13.2 Å². The molecule has 0 saturated heterocycles. The second-order valence-electron chi connectivity index (χ2n) is 2.85. The van der Waals surface area contributed by atoms with E-state index in [0.717, 1.165) is 12.1 Å². The smallest absolute Gasteiger partial charge is 0.387 e. The molecule has 14 heavy (non-hydrogen) atoms. The molecule has 0 bridgehead atoms. The molecule has 78 valence electrons. The Hall–Kier alpha value is -1.23. The highest BCUT2D eigenvalue weighted by Gasteiger charge is 2.13. The number of rotatable bonds is 3. The van der Waals surface area contributed by atoms with E-state index >= 15 is 0 Å². The van der Waals surface area contributed by atoms with Crippen LogP contribution in [-0.2, 0) is 0 Å². The Morgan fingerprint density at radius 2 is 2.00 bits per heavy atom. The van der Waals surface area contributed by atoms with Crippen LogP contribution in [0.2, 0.25) is 0 Å². The second-order valence-corrected chi connectivity index (χ2v) is 2.85.